The first-order chi connectivity index (χ1) is 17.4. The Bertz CT molecular complexity index is 1090. The molecule has 0 heterocycles. The van der Waals surface area contributed by atoms with Crippen molar-refractivity contribution in [1.29, 1.82) is 0 Å². The van der Waals surface area contributed by atoms with Crippen molar-refractivity contribution in [3.63, 3.8) is 0 Å². The van der Waals surface area contributed by atoms with Gasteiger partial charge in [-0.2, -0.15) is 0 Å². The first-order valence-electron chi connectivity index (χ1n) is 11.2. The second kappa shape index (κ2) is 12.9. The topological polar surface area (TPSA) is 124 Å². The van der Waals surface area contributed by atoms with Crippen molar-refractivity contribution in [2.45, 2.75) is 25.7 Å². The van der Waals surface area contributed by atoms with Gasteiger partial charge in [-0.1, -0.05) is 24.8 Å². The first kappa shape index (κ1) is 26.3. The van der Waals surface area contributed by atoms with Gasteiger partial charge in [0.1, 0.15) is 11.5 Å². The summed E-state index contributed by atoms with van der Waals surface area (Å²) in [5.74, 6) is -1.29. The Kier molecular flexibility index (Phi) is 9.44. The fourth-order valence-corrected chi connectivity index (χ4v) is 3.56. The summed E-state index contributed by atoms with van der Waals surface area (Å²) in [6.45, 7) is 2.58. The van der Waals surface area contributed by atoms with Gasteiger partial charge in [0.2, 0.25) is 6.79 Å². The van der Waals surface area contributed by atoms with E-state index in [2.05, 4.69) is 16.1 Å². The molecular formula is C26H26O10. The van der Waals surface area contributed by atoms with Gasteiger partial charge < -0.3 is 28.4 Å². The molecule has 1 aliphatic rings. The highest BCUT2D eigenvalue weighted by Crippen LogP contribution is 2.35. The Balaban J connectivity index is 1.49. The number of ether oxygens (including phenoxy) is 6. The highest BCUT2D eigenvalue weighted by Gasteiger charge is 2.32. The lowest BCUT2D eigenvalue weighted by Gasteiger charge is -2.26. The van der Waals surface area contributed by atoms with E-state index < -0.39 is 24.9 Å². The Morgan fingerprint density at radius 1 is 0.806 bits per heavy atom. The van der Waals surface area contributed by atoms with Crippen LogP contribution >= 0.6 is 0 Å². The smallest absolute Gasteiger partial charge is 0.493 e. The first-order valence-corrected chi connectivity index (χ1v) is 11.2. The monoisotopic (exact) mass is 498 g/mol. The molecule has 0 aromatic heterocycles. The third-order valence-corrected chi connectivity index (χ3v) is 5.45. The Hall–Kier alpha value is -4.34. The lowest BCUT2D eigenvalue weighted by atomic mass is 9.82. The number of esters is 3. The minimum atomic E-state index is -1.11. The van der Waals surface area contributed by atoms with Gasteiger partial charge in [-0.05, 0) is 49.9 Å². The molecule has 2 aromatic carbocycles. The largest absolute Gasteiger partial charge is 0.516 e. The van der Waals surface area contributed by atoms with E-state index >= 15 is 0 Å². The molecule has 1 saturated carbocycles. The van der Waals surface area contributed by atoms with Crippen LogP contribution in [0.4, 0.5) is 4.79 Å². The molecule has 1 aliphatic carbocycles. The maximum atomic E-state index is 12.7. The Labute approximate surface area is 207 Å². The molecule has 3 rings (SSSR count). The van der Waals surface area contributed by atoms with Crippen molar-refractivity contribution in [2.75, 3.05) is 13.9 Å². The van der Waals surface area contributed by atoms with E-state index in [1.54, 1.807) is 24.3 Å². The predicted octanol–water partition coefficient (Wildman–Crippen LogP) is 4.21. The molecule has 0 spiro atoms. The van der Waals surface area contributed by atoms with Crippen LogP contribution < -0.4 is 18.9 Å². The summed E-state index contributed by atoms with van der Waals surface area (Å²) in [5.41, 5.74) is 0. The number of carbonyl (C=O) groups excluding carboxylic acids is 4. The SMILES string of the molecule is C=CC(=O)OCOC(=O)Oc1ccc(OC(=O)C2CCC(C(=O)Oc3ccccc3)CC2)c(OC)c1. The zero-order valence-electron chi connectivity index (χ0n) is 19.7. The molecular weight excluding hydrogens is 472 g/mol. The summed E-state index contributed by atoms with van der Waals surface area (Å²) in [6.07, 6.45) is 1.81. The van der Waals surface area contributed by atoms with E-state index in [9.17, 15) is 19.2 Å². The summed E-state index contributed by atoms with van der Waals surface area (Å²) >= 11 is 0. The fraction of sp³-hybridized carbons (Fsp3) is 0.308. The van der Waals surface area contributed by atoms with Crippen LogP contribution in [0.25, 0.3) is 0 Å². The maximum absolute atomic E-state index is 12.7. The molecule has 0 N–H and O–H groups in total. The van der Waals surface area contributed by atoms with Gasteiger partial charge in [-0.15, -0.1) is 0 Å². The van der Waals surface area contributed by atoms with Gasteiger partial charge in [0.05, 0.1) is 18.9 Å². The number of hydrogen-bond donors (Lipinski definition) is 0. The summed E-state index contributed by atoms with van der Waals surface area (Å²) in [5, 5.41) is 0. The molecule has 0 bridgehead atoms. The highest BCUT2D eigenvalue weighted by molar-refractivity contribution is 5.81. The van der Waals surface area contributed by atoms with E-state index in [1.165, 1.54) is 25.3 Å². The molecule has 0 unspecified atom stereocenters. The molecule has 0 amide bonds. The molecule has 1 fully saturated rings. The van der Waals surface area contributed by atoms with Gasteiger partial charge in [0, 0.05) is 12.1 Å². The summed E-state index contributed by atoms with van der Waals surface area (Å²) < 4.78 is 30.3. The van der Waals surface area contributed by atoms with E-state index in [-0.39, 0.29) is 35.1 Å². The molecule has 0 saturated heterocycles. The van der Waals surface area contributed by atoms with Crippen molar-refractivity contribution in [2.24, 2.45) is 11.8 Å². The van der Waals surface area contributed by atoms with Crippen LogP contribution in [0.1, 0.15) is 25.7 Å². The average molecular weight is 498 g/mol. The van der Waals surface area contributed by atoms with Gasteiger partial charge in [0.15, 0.2) is 11.5 Å². The lowest BCUT2D eigenvalue weighted by Crippen LogP contribution is -2.30. The number of carbonyl (C=O) groups is 4. The van der Waals surface area contributed by atoms with Crippen molar-refractivity contribution in [3.05, 3.63) is 61.2 Å². The molecule has 0 radical (unpaired) electrons. The van der Waals surface area contributed by atoms with Crippen molar-refractivity contribution in [1.82, 2.24) is 0 Å². The zero-order valence-corrected chi connectivity index (χ0v) is 19.7. The normalized spacial score (nSPS) is 16.7. The van der Waals surface area contributed by atoms with Gasteiger partial charge in [-0.25, -0.2) is 9.59 Å². The average Bonchev–Trinajstić information content (AvgIpc) is 2.90. The maximum Gasteiger partial charge on any atom is 0.516 e. The van der Waals surface area contributed by atoms with Gasteiger partial charge in [-0.3, -0.25) is 9.59 Å². The number of hydrogen-bond acceptors (Lipinski definition) is 10. The van der Waals surface area contributed by atoms with Crippen LogP contribution in [0.5, 0.6) is 23.0 Å². The lowest BCUT2D eigenvalue weighted by molar-refractivity contribution is -0.146. The van der Waals surface area contributed by atoms with Crippen LogP contribution in [0, 0.1) is 11.8 Å². The minimum absolute atomic E-state index is 0.0594. The van der Waals surface area contributed by atoms with Crippen LogP contribution in [0.15, 0.2) is 61.2 Å². The third kappa shape index (κ3) is 7.59. The zero-order chi connectivity index (χ0) is 25.9. The van der Waals surface area contributed by atoms with E-state index in [1.807, 2.05) is 6.07 Å². The third-order valence-electron chi connectivity index (χ3n) is 5.45. The molecule has 0 atom stereocenters. The van der Waals surface area contributed by atoms with Crippen molar-refractivity contribution in [3.8, 4) is 23.0 Å². The highest BCUT2D eigenvalue weighted by atomic mass is 16.8. The molecule has 10 nitrogen and oxygen atoms in total. The van der Waals surface area contributed by atoms with E-state index in [0.29, 0.717) is 31.4 Å². The molecule has 2 aromatic rings. The van der Waals surface area contributed by atoms with Gasteiger partial charge in [0.25, 0.3) is 0 Å². The Morgan fingerprint density at radius 2 is 1.44 bits per heavy atom. The molecule has 0 aliphatic heterocycles. The van der Waals surface area contributed by atoms with Crippen LogP contribution in [-0.4, -0.2) is 38.0 Å². The summed E-state index contributed by atoms with van der Waals surface area (Å²) in [4.78, 5) is 47.8. The molecule has 36 heavy (non-hydrogen) atoms. The van der Waals surface area contributed by atoms with Crippen LogP contribution in [0.2, 0.25) is 0 Å². The van der Waals surface area contributed by atoms with Gasteiger partial charge >= 0.3 is 24.1 Å². The number of para-hydroxylation sites is 1. The van der Waals surface area contributed by atoms with Crippen LogP contribution in [-0.2, 0) is 23.9 Å². The predicted molar refractivity (Wildman–Crippen MR) is 124 cm³/mol. The van der Waals surface area contributed by atoms with Crippen molar-refractivity contribution >= 4 is 24.1 Å². The quantitative estimate of drug-likeness (QED) is 0.163. The number of rotatable bonds is 9. The fourth-order valence-electron chi connectivity index (χ4n) is 3.56. The molecule has 190 valence electrons. The summed E-state index contributed by atoms with van der Waals surface area (Å²) in [7, 11) is 1.37. The number of methoxy groups -OCH3 is 1. The van der Waals surface area contributed by atoms with Crippen LogP contribution in [0.3, 0.4) is 0 Å². The second-order valence-corrected chi connectivity index (χ2v) is 7.80. The Morgan fingerprint density at radius 3 is 2.06 bits per heavy atom. The standard InChI is InChI=1S/C26H26O10/c1-3-23(27)32-16-33-26(30)35-20-13-14-21(22(15-20)31-2)36-25(29)18-11-9-17(10-12-18)24(28)34-19-7-5-4-6-8-19/h3-8,13-15,17-18H,1,9-12,16H2,2H3. The summed E-state index contributed by atoms with van der Waals surface area (Å²) in [6, 6.07) is 13.0. The molecule has 10 heteroatoms. The van der Waals surface area contributed by atoms with E-state index in [4.69, 9.17) is 18.9 Å². The minimum Gasteiger partial charge on any atom is -0.493 e. The number of benzene rings is 2. The van der Waals surface area contributed by atoms with Crippen molar-refractivity contribution < 1.29 is 47.6 Å². The second-order valence-electron chi connectivity index (χ2n) is 7.80. The van der Waals surface area contributed by atoms with E-state index in [0.717, 1.165) is 6.08 Å².